The second-order valence-corrected chi connectivity index (χ2v) is 5.56. The maximum atomic E-state index is 11.4. The van der Waals surface area contributed by atoms with Crippen LogP contribution >= 0.6 is 28.3 Å². The van der Waals surface area contributed by atoms with Gasteiger partial charge in [-0.3, -0.25) is 4.79 Å². The number of aryl methyl sites for hydroxylation is 1. The molecule has 6 heteroatoms. The van der Waals surface area contributed by atoms with Gasteiger partial charge in [-0.05, 0) is 31.2 Å². The van der Waals surface area contributed by atoms with Gasteiger partial charge < -0.3 is 10.2 Å². The Bertz CT molecular complexity index is 593. The van der Waals surface area contributed by atoms with Gasteiger partial charge in [0.15, 0.2) is 10.9 Å². The zero-order valence-corrected chi connectivity index (χ0v) is 14.5. The lowest BCUT2D eigenvalue weighted by Gasteiger charge is -2.12. The average Bonchev–Trinajstić information content (AvgIpc) is 2.71. The first kappa shape index (κ1) is 16.7. The van der Waals surface area contributed by atoms with Crippen molar-refractivity contribution >= 4 is 50.6 Å². The maximum absolute atomic E-state index is 11.4. The van der Waals surface area contributed by atoms with Crippen LogP contribution in [0.15, 0.2) is 24.3 Å². The Morgan fingerprint density at radius 2 is 1.85 bits per heavy atom. The van der Waals surface area contributed by atoms with E-state index in [4.69, 9.17) is 0 Å². The number of halogens is 1. The van der Waals surface area contributed by atoms with Gasteiger partial charge in [0.05, 0.1) is 10.6 Å². The minimum Gasteiger partial charge on any atom is -0.378 e. The number of ketones is 1. The molecule has 4 nitrogen and oxygen atoms in total. The zero-order chi connectivity index (χ0) is 14.0. The van der Waals surface area contributed by atoms with E-state index in [1.54, 1.807) is 6.92 Å². The molecule has 1 aromatic heterocycles. The number of aromatic nitrogens is 1. The first-order valence-corrected chi connectivity index (χ1v) is 6.82. The van der Waals surface area contributed by atoms with Gasteiger partial charge >= 0.3 is 0 Å². The van der Waals surface area contributed by atoms with E-state index < -0.39 is 0 Å². The molecule has 0 atom stereocenters. The fraction of sp³-hybridized carbons (Fsp3) is 0.286. The first-order valence-electron chi connectivity index (χ1n) is 6.00. The topological polar surface area (TPSA) is 45.2 Å². The molecule has 0 fully saturated rings. The molecule has 0 aliphatic heterocycles. The van der Waals surface area contributed by atoms with Crippen LogP contribution in [0.25, 0.3) is 0 Å². The SMILES string of the molecule is Br.CC(=O)c1sc(Nc2ccc(N(C)C)cc2)nc1C. The molecule has 1 N–H and O–H groups in total. The van der Waals surface area contributed by atoms with Crippen molar-refractivity contribution in [1.82, 2.24) is 4.98 Å². The minimum atomic E-state index is 0. The van der Waals surface area contributed by atoms with Crippen molar-refractivity contribution in [2.45, 2.75) is 13.8 Å². The van der Waals surface area contributed by atoms with Gasteiger partial charge in [0.25, 0.3) is 0 Å². The highest BCUT2D eigenvalue weighted by Crippen LogP contribution is 2.26. The van der Waals surface area contributed by atoms with E-state index in [0.717, 1.165) is 22.2 Å². The maximum Gasteiger partial charge on any atom is 0.188 e. The third-order valence-corrected chi connectivity index (χ3v) is 3.93. The molecule has 1 aromatic carbocycles. The zero-order valence-electron chi connectivity index (χ0n) is 11.9. The second kappa shape index (κ2) is 6.85. The summed E-state index contributed by atoms with van der Waals surface area (Å²) in [5.41, 5.74) is 2.89. The number of carbonyl (C=O) groups is 1. The van der Waals surface area contributed by atoms with Gasteiger partial charge in [-0.1, -0.05) is 11.3 Å². The van der Waals surface area contributed by atoms with Crippen molar-refractivity contribution in [1.29, 1.82) is 0 Å². The van der Waals surface area contributed by atoms with Crippen LogP contribution < -0.4 is 10.2 Å². The normalized spacial score (nSPS) is 9.80. The number of hydrogen-bond donors (Lipinski definition) is 1. The lowest BCUT2D eigenvalue weighted by Crippen LogP contribution is -2.08. The van der Waals surface area contributed by atoms with Gasteiger partial charge in [0, 0.05) is 32.4 Å². The van der Waals surface area contributed by atoms with E-state index in [1.165, 1.54) is 11.3 Å². The fourth-order valence-corrected chi connectivity index (χ4v) is 2.62. The summed E-state index contributed by atoms with van der Waals surface area (Å²) in [4.78, 5) is 18.5. The monoisotopic (exact) mass is 355 g/mol. The highest BCUT2D eigenvalue weighted by Gasteiger charge is 2.11. The highest BCUT2D eigenvalue weighted by molar-refractivity contribution is 8.93. The molecule has 2 rings (SSSR count). The van der Waals surface area contributed by atoms with E-state index in [-0.39, 0.29) is 22.8 Å². The second-order valence-electron chi connectivity index (χ2n) is 4.56. The number of nitrogens with one attached hydrogen (secondary N) is 1. The molecule has 0 amide bonds. The first-order chi connectivity index (χ1) is 8.97. The number of carbonyl (C=O) groups excluding carboxylic acids is 1. The summed E-state index contributed by atoms with van der Waals surface area (Å²) in [5, 5.41) is 3.97. The molecule has 0 unspecified atom stereocenters. The van der Waals surface area contributed by atoms with Gasteiger partial charge in [0.1, 0.15) is 0 Å². The number of nitrogens with zero attached hydrogens (tertiary/aromatic N) is 2. The van der Waals surface area contributed by atoms with Gasteiger partial charge in [-0.15, -0.1) is 17.0 Å². The molecule has 0 saturated heterocycles. The van der Waals surface area contributed by atoms with E-state index >= 15 is 0 Å². The number of benzene rings is 1. The number of hydrogen-bond acceptors (Lipinski definition) is 5. The highest BCUT2D eigenvalue weighted by atomic mass is 79.9. The molecule has 1 heterocycles. The smallest absolute Gasteiger partial charge is 0.188 e. The average molecular weight is 356 g/mol. The Hall–Kier alpha value is -1.40. The molecule has 0 saturated carbocycles. The molecule has 108 valence electrons. The summed E-state index contributed by atoms with van der Waals surface area (Å²) in [6.07, 6.45) is 0. The van der Waals surface area contributed by atoms with Crippen LogP contribution in [-0.2, 0) is 0 Å². The van der Waals surface area contributed by atoms with Crippen molar-refractivity contribution in [3.63, 3.8) is 0 Å². The van der Waals surface area contributed by atoms with E-state index in [1.807, 2.05) is 50.2 Å². The summed E-state index contributed by atoms with van der Waals surface area (Å²) in [5.74, 6) is 0.0611. The number of thiazole rings is 1. The molecule has 0 aliphatic rings. The molecular formula is C14H18BrN3OS. The molecular weight excluding hydrogens is 338 g/mol. The van der Waals surface area contributed by atoms with Crippen LogP contribution in [0.1, 0.15) is 22.3 Å². The van der Waals surface area contributed by atoms with E-state index in [2.05, 4.69) is 10.3 Å². The van der Waals surface area contributed by atoms with Gasteiger partial charge in [-0.2, -0.15) is 0 Å². The molecule has 0 spiro atoms. The predicted octanol–water partition coefficient (Wildman–Crippen LogP) is 4.04. The van der Waals surface area contributed by atoms with E-state index in [9.17, 15) is 4.79 Å². The van der Waals surface area contributed by atoms with Gasteiger partial charge in [0.2, 0.25) is 0 Å². The molecule has 0 radical (unpaired) electrons. The Kier molecular flexibility index (Phi) is 5.71. The number of anilines is 3. The molecule has 0 bridgehead atoms. The van der Waals surface area contributed by atoms with E-state index in [0.29, 0.717) is 4.88 Å². The summed E-state index contributed by atoms with van der Waals surface area (Å²) < 4.78 is 0. The summed E-state index contributed by atoms with van der Waals surface area (Å²) >= 11 is 1.39. The lowest BCUT2D eigenvalue weighted by molar-refractivity contribution is 0.102. The number of Topliss-reactive ketones (excluding diaryl/α,β-unsaturated/α-hetero) is 1. The van der Waals surface area contributed by atoms with Crippen molar-refractivity contribution < 1.29 is 4.79 Å². The van der Waals surface area contributed by atoms with Crippen molar-refractivity contribution in [3.8, 4) is 0 Å². The van der Waals surface area contributed by atoms with Crippen LogP contribution in [0, 0.1) is 6.92 Å². The fourth-order valence-electron chi connectivity index (χ4n) is 1.74. The largest absolute Gasteiger partial charge is 0.378 e. The third-order valence-electron chi connectivity index (χ3n) is 2.75. The standard InChI is InChI=1S/C14H17N3OS.BrH/c1-9-13(10(2)18)19-14(15-9)16-11-5-7-12(8-6-11)17(3)4;/h5-8H,1-4H3,(H,15,16);1H. The third kappa shape index (κ3) is 3.80. The van der Waals surface area contributed by atoms with Crippen molar-refractivity contribution in [2.24, 2.45) is 0 Å². The van der Waals surface area contributed by atoms with Crippen LogP contribution in [-0.4, -0.2) is 24.9 Å². The van der Waals surface area contributed by atoms with Crippen molar-refractivity contribution in [3.05, 3.63) is 34.8 Å². The molecule has 2 aromatic rings. The Morgan fingerprint density at radius 1 is 1.25 bits per heavy atom. The lowest BCUT2D eigenvalue weighted by atomic mass is 10.2. The van der Waals surface area contributed by atoms with Crippen LogP contribution in [0.4, 0.5) is 16.5 Å². The van der Waals surface area contributed by atoms with Crippen LogP contribution in [0.5, 0.6) is 0 Å². The number of rotatable bonds is 4. The summed E-state index contributed by atoms with van der Waals surface area (Å²) in [6.45, 7) is 3.42. The Balaban J connectivity index is 0.00000200. The van der Waals surface area contributed by atoms with Crippen molar-refractivity contribution in [2.75, 3.05) is 24.3 Å². The minimum absolute atomic E-state index is 0. The van der Waals surface area contributed by atoms with Gasteiger partial charge in [-0.25, -0.2) is 4.98 Å². The Labute approximate surface area is 133 Å². The summed E-state index contributed by atoms with van der Waals surface area (Å²) in [6, 6.07) is 8.07. The summed E-state index contributed by atoms with van der Waals surface area (Å²) in [7, 11) is 4.01. The quantitative estimate of drug-likeness (QED) is 0.840. The predicted molar refractivity (Wildman–Crippen MR) is 91.2 cm³/mol. The van der Waals surface area contributed by atoms with Crippen LogP contribution in [0.2, 0.25) is 0 Å². The Morgan fingerprint density at radius 3 is 2.30 bits per heavy atom. The van der Waals surface area contributed by atoms with Crippen LogP contribution in [0.3, 0.4) is 0 Å². The molecule has 20 heavy (non-hydrogen) atoms. The molecule has 0 aliphatic carbocycles.